The Labute approximate surface area is 87.3 Å². The number of aromatic nitrogens is 1. The number of pyridine rings is 1. The fourth-order valence-corrected chi connectivity index (χ4v) is 1.25. The highest BCUT2D eigenvalue weighted by atomic mass is 35.5. The Kier molecular flexibility index (Phi) is 3.24. The topological polar surface area (TPSA) is 33.1 Å². The number of aliphatic hydroxyl groups excluding tert-OH is 1. The van der Waals surface area contributed by atoms with Crippen LogP contribution in [0.2, 0.25) is 10.3 Å². The van der Waals surface area contributed by atoms with Crippen LogP contribution >= 0.6 is 23.2 Å². The van der Waals surface area contributed by atoms with Crippen molar-refractivity contribution >= 4 is 23.2 Å². The van der Waals surface area contributed by atoms with Crippen LogP contribution in [0.1, 0.15) is 11.7 Å². The maximum atomic E-state index is 12.0. The molecule has 2 nitrogen and oxygen atoms in total. The summed E-state index contributed by atoms with van der Waals surface area (Å²) in [6.45, 7) is 0. The lowest BCUT2D eigenvalue weighted by molar-refractivity contribution is -0.206. The third-order valence-corrected chi connectivity index (χ3v) is 1.96. The lowest BCUT2D eigenvalue weighted by Crippen LogP contribution is -2.20. The van der Waals surface area contributed by atoms with Gasteiger partial charge in [-0.2, -0.15) is 13.2 Å². The standard InChI is InChI=1S/C7H4Cl2F3NO/c8-4-2-1-3(6(9)13-4)5(14)7(10,11)12/h1-2,5,14H. The van der Waals surface area contributed by atoms with Crippen molar-refractivity contribution in [3.8, 4) is 0 Å². The Bertz CT molecular complexity index is 342. The van der Waals surface area contributed by atoms with Crippen LogP contribution in [-0.2, 0) is 0 Å². The summed E-state index contributed by atoms with van der Waals surface area (Å²) in [6, 6.07) is 2.10. The van der Waals surface area contributed by atoms with Crippen LogP contribution in [0.5, 0.6) is 0 Å². The first kappa shape index (κ1) is 11.6. The van der Waals surface area contributed by atoms with Gasteiger partial charge in [-0.3, -0.25) is 0 Å². The second-order valence-electron chi connectivity index (χ2n) is 2.46. The zero-order valence-corrected chi connectivity index (χ0v) is 8.03. The van der Waals surface area contributed by atoms with Gasteiger partial charge >= 0.3 is 6.18 Å². The van der Waals surface area contributed by atoms with Gasteiger partial charge in [0.1, 0.15) is 10.3 Å². The fraction of sp³-hybridized carbons (Fsp3) is 0.286. The maximum Gasteiger partial charge on any atom is 0.418 e. The van der Waals surface area contributed by atoms with Crippen molar-refractivity contribution in [3.63, 3.8) is 0 Å². The fourth-order valence-electron chi connectivity index (χ4n) is 0.803. The molecule has 1 heterocycles. The predicted molar refractivity (Wildman–Crippen MR) is 45.3 cm³/mol. The molecule has 1 aromatic rings. The SMILES string of the molecule is OC(c1ccc(Cl)nc1Cl)C(F)(F)F. The molecule has 1 N–H and O–H groups in total. The van der Waals surface area contributed by atoms with E-state index in [9.17, 15) is 13.2 Å². The Morgan fingerprint density at radius 3 is 2.29 bits per heavy atom. The molecule has 1 aromatic heterocycles. The van der Waals surface area contributed by atoms with E-state index in [1.807, 2.05) is 0 Å². The highest BCUT2D eigenvalue weighted by Crippen LogP contribution is 2.35. The van der Waals surface area contributed by atoms with Gasteiger partial charge in [-0.1, -0.05) is 23.2 Å². The molecule has 0 fully saturated rings. The van der Waals surface area contributed by atoms with Crippen molar-refractivity contribution in [3.05, 3.63) is 28.0 Å². The van der Waals surface area contributed by atoms with E-state index in [4.69, 9.17) is 28.3 Å². The Morgan fingerprint density at radius 2 is 1.86 bits per heavy atom. The molecule has 0 saturated carbocycles. The summed E-state index contributed by atoms with van der Waals surface area (Å²) < 4.78 is 36.1. The molecule has 1 unspecified atom stereocenters. The Morgan fingerprint density at radius 1 is 1.29 bits per heavy atom. The molecular formula is C7H4Cl2F3NO. The molecule has 14 heavy (non-hydrogen) atoms. The normalized spacial score (nSPS) is 14.1. The van der Waals surface area contributed by atoms with E-state index in [0.29, 0.717) is 0 Å². The summed E-state index contributed by atoms with van der Waals surface area (Å²) in [5.41, 5.74) is -0.511. The zero-order valence-electron chi connectivity index (χ0n) is 6.52. The molecular weight excluding hydrogens is 242 g/mol. The number of hydrogen-bond acceptors (Lipinski definition) is 2. The van der Waals surface area contributed by atoms with Gasteiger partial charge in [-0.15, -0.1) is 0 Å². The molecule has 78 valence electrons. The van der Waals surface area contributed by atoms with E-state index in [2.05, 4.69) is 4.98 Å². The number of nitrogens with zero attached hydrogens (tertiary/aromatic N) is 1. The van der Waals surface area contributed by atoms with Crippen molar-refractivity contribution in [2.45, 2.75) is 12.3 Å². The van der Waals surface area contributed by atoms with Gasteiger partial charge in [0.15, 0.2) is 6.10 Å². The summed E-state index contributed by atoms with van der Waals surface area (Å²) in [5.74, 6) is 0. The second kappa shape index (κ2) is 3.92. The quantitative estimate of drug-likeness (QED) is 0.772. The summed E-state index contributed by atoms with van der Waals surface area (Å²) in [4.78, 5) is 3.38. The van der Waals surface area contributed by atoms with Crippen molar-refractivity contribution in [1.29, 1.82) is 0 Å². The largest absolute Gasteiger partial charge is 0.418 e. The molecule has 1 rings (SSSR count). The van der Waals surface area contributed by atoms with E-state index in [1.54, 1.807) is 0 Å². The van der Waals surface area contributed by atoms with Gasteiger partial charge in [-0.05, 0) is 12.1 Å². The number of rotatable bonds is 1. The summed E-state index contributed by atoms with van der Waals surface area (Å²) in [6.07, 6.45) is -7.40. The molecule has 0 aliphatic rings. The summed E-state index contributed by atoms with van der Waals surface area (Å²) in [7, 11) is 0. The van der Waals surface area contributed by atoms with Crippen molar-refractivity contribution in [2.24, 2.45) is 0 Å². The van der Waals surface area contributed by atoms with Gasteiger partial charge in [0.25, 0.3) is 0 Å². The third kappa shape index (κ3) is 2.50. The molecule has 0 spiro atoms. The number of aliphatic hydroxyl groups is 1. The van der Waals surface area contributed by atoms with E-state index in [1.165, 1.54) is 0 Å². The van der Waals surface area contributed by atoms with Gasteiger partial charge in [0.05, 0.1) is 0 Å². The average Bonchev–Trinajstić information content (AvgIpc) is 2.01. The van der Waals surface area contributed by atoms with E-state index < -0.39 is 23.0 Å². The maximum absolute atomic E-state index is 12.0. The number of hydrogen-bond donors (Lipinski definition) is 1. The van der Waals surface area contributed by atoms with Crippen molar-refractivity contribution in [2.75, 3.05) is 0 Å². The minimum absolute atomic E-state index is 0.0341. The molecule has 7 heteroatoms. The highest BCUT2D eigenvalue weighted by molar-refractivity contribution is 6.32. The summed E-state index contributed by atoms with van der Waals surface area (Å²) >= 11 is 10.8. The molecule has 0 aliphatic carbocycles. The average molecular weight is 246 g/mol. The van der Waals surface area contributed by atoms with Crippen LogP contribution in [0.4, 0.5) is 13.2 Å². The van der Waals surface area contributed by atoms with Crippen LogP contribution in [-0.4, -0.2) is 16.3 Å². The van der Waals surface area contributed by atoms with Crippen LogP contribution in [0.3, 0.4) is 0 Å². The van der Waals surface area contributed by atoms with Crippen LogP contribution < -0.4 is 0 Å². The Hall–Kier alpha value is -0.520. The minimum Gasteiger partial charge on any atom is -0.379 e. The lowest BCUT2D eigenvalue weighted by Gasteiger charge is -2.15. The van der Waals surface area contributed by atoms with Crippen LogP contribution in [0, 0.1) is 0 Å². The lowest BCUT2D eigenvalue weighted by atomic mass is 10.1. The van der Waals surface area contributed by atoms with Gasteiger partial charge in [-0.25, -0.2) is 4.98 Å². The second-order valence-corrected chi connectivity index (χ2v) is 3.20. The first-order chi connectivity index (χ1) is 6.32. The van der Waals surface area contributed by atoms with Crippen molar-refractivity contribution in [1.82, 2.24) is 4.98 Å². The van der Waals surface area contributed by atoms with Crippen molar-refractivity contribution < 1.29 is 18.3 Å². The predicted octanol–water partition coefficient (Wildman–Crippen LogP) is 2.98. The van der Waals surface area contributed by atoms with Crippen LogP contribution in [0.15, 0.2) is 12.1 Å². The Balaban J connectivity index is 3.08. The smallest absolute Gasteiger partial charge is 0.379 e. The first-order valence-electron chi connectivity index (χ1n) is 3.39. The van der Waals surface area contributed by atoms with E-state index in [-0.39, 0.29) is 5.15 Å². The molecule has 0 aromatic carbocycles. The minimum atomic E-state index is -4.76. The van der Waals surface area contributed by atoms with Gasteiger partial charge in [0, 0.05) is 5.56 Å². The van der Waals surface area contributed by atoms with E-state index >= 15 is 0 Å². The third-order valence-electron chi connectivity index (χ3n) is 1.45. The monoisotopic (exact) mass is 245 g/mol. The van der Waals surface area contributed by atoms with Gasteiger partial charge < -0.3 is 5.11 Å². The highest BCUT2D eigenvalue weighted by Gasteiger charge is 2.40. The van der Waals surface area contributed by atoms with Crippen LogP contribution in [0.25, 0.3) is 0 Å². The first-order valence-corrected chi connectivity index (χ1v) is 4.14. The molecule has 0 bridgehead atoms. The molecule has 0 saturated heterocycles. The molecule has 0 amide bonds. The summed E-state index contributed by atoms with van der Waals surface area (Å²) in [5, 5.41) is 8.35. The number of alkyl halides is 3. The van der Waals surface area contributed by atoms with E-state index in [0.717, 1.165) is 12.1 Å². The van der Waals surface area contributed by atoms with Gasteiger partial charge in [0.2, 0.25) is 0 Å². The number of halogens is 5. The molecule has 0 aliphatic heterocycles. The molecule has 1 atom stereocenters. The zero-order chi connectivity index (χ0) is 10.9. The molecule has 0 radical (unpaired) electrons.